The van der Waals surface area contributed by atoms with Gasteiger partial charge >= 0.3 is 5.97 Å². The molecule has 0 radical (unpaired) electrons. The molecule has 2 saturated heterocycles. The first-order valence-electron chi connectivity index (χ1n) is 12.8. The maximum absolute atomic E-state index is 14.1. The van der Waals surface area contributed by atoms with Crippen molar-refractivity contribution in [3.05, 3.63) is 52.9 Å². The number of aromatic amines is 1. The summed E-state index contributed by atoms with van der Waals surface area (Å²) < 4.78 is 19.3. The molecule has 11 nitrogen and oxygen atoms in total. The molecule has 0 aliphatic carbocycles. The van der Waals surface area contributed by atoms with E-state index in [0.717, 1.165) is 0 Å². The van der Waals surface area contributed by atoms with Gasteiger partial charge in [-0.1, -0.05) is 0 Å². The number of anilines is 1. The molecule has 2 fully saturated rings. The summed E-state index contributed by atoms with van der Waals surface area (Å²) in [5.41, 5.74) is 2.83. The molecule has 0 saturated carbocycles. The van der Waals surface area contributed by atoms with Crippen LogP contribution in [-0.4, -0.2) is 68.4 Å². The largest absolute Gasteiger partial charge is 0.462 e. The monoisotopic (exact) mass is 523 g/mol. The molecule has 3 aromatic heterocycles. The molecule has 2 aliphatic rings. The highest BCUT2D eigenvalue weighted by Crippen LogP contribution is 2.34. The van der Waals surface area contributed by atoms with E-state index < -0.39 is 11.8 Å². The third-order valence-electron chi connectivity index (χ3n) is 6.99. The molecule has 5 heterocycles. The van der Waals surface area contributed by atoms with E-state index in [1.807, 2.05) is 4.90 Å². The molecule has 2 aliphatic heterocycles. The standard InChI is InChI=1S/C26H30FN7O4/c1-4-37-25(36)22-16(3)31-32-23(22)20-5-9-28-26(30-20)33-10-6-17(7-11-33)24(35)34-21(8-12-38-34)18-13-19(27)15(2)29-14-18/h5,9,13-14,17,21H,4,6-8,10-12H2,1-3H3,(H,31,32)/t21-/m0/s1. The van der Waals surface area contributed by atoms with Crippen LogP contribution in [0, 0.1) is 25.6 Å². The van der Waals surface area contributed by atoms with Crippen LogP contribution in [0.5, 0.6) is 0 Å². The fraction of sp³-hybridized carbons (Fsp3) is 0.462. The number of rotatable bonds is 6. The summed E-state index contributed by atoms with van der Waals surface area (Å²) in [4.78, 5) is 46.7. The number of esters is 1. The van der Waals surface area contributed by atoms with Gasteiger partial charge in [0.2, 0.25) is 11.9 Å². The Balaban J connectivity index is 1.26. The van der Waals surface area contributed by atoms with Crippen molar-refractivity contribution in [2.75, 3.05) is 31.2 Å². The van der Waals surface area contributed by atoms with E-state index in [1.54, 1.807) is 39.2 Å². The lowest BCUT2D eigenvalue weighted by Gasteiger charge is -2.34. The Labute approximate surface area is 219 Å². The number of ether oxygens (including phenoxy) is 1. The molecule has 0 aromatic carbocycles. The second-order valence-electron chi connectivity index (χ2n) is 9.43. The molecule has 200 valence electrons. The SMILES string of the molecule is CCOC(=O)c1c(-c2ccnc(N3CCC(C(=O)N4OCC[C@H]4c4cnc(C)c(F)c4)CC3)n2)n[nH]c1C. The zero-order chi connectivity index (χ0) is 26.8. The van der Waals surface area contributed by atoms with Crippen LogP contribution < -0.4 is 4.90 Å². The lowest BCUT2D eigenvalue weighted by molar-refractivity contribution is -0.182. The number of hydroxylamine groups is 2. The van der Waals surface area contributed by atoms with Gasteiger partial charge in [0.15, 0.2) is 0 Å². The van der Waals surface area contributed by atoms with Gasteiger partial charge in [-0.25, -0.2) is 24.2 Å². The highest BCUT2D eigenvalue weighted by atomic mass is 19.1. The Kier molecular flexibility index (Phi) is 7.32. The van der Waals surface area contributed by atoms with Crippen molar-refractivity contribution in [2.24, 2.45) is 5.92 Å². The van der Waals surface area contributed by atoms with E-state index in [2.05, 4.69) is 25.1 Å². The van der Waals surface area contributed by atoms with Crippen LogP contribution >= 0.6 is 0 Å². The maximum atomic E-state index is 14.1. The van der Waals surface area contributed by atoms with Crippen LogP contribution in [0.2, 0.25) is 0 Å². The first kappa shape index (κ1) is 25.7. The molecular formula is C26H30FN7O4. The van der Waals surface area contributed by atoms with Gasteiger partial charge in [-0.2, -0.15) is 5.10 Å². The quantitative estimate of drug-likeness (QED) is 0.484. The minimum atomic E-state index is -0.458. The fourth-order valence-electron chi connectivity index (χ4n) is 4.90. The zero-order valence-corrected chi connectivity index (χ0v) is 21.6. The van der Waals surface area contributed by atoms with E-state index in [-0.39, 0.29) is 24.5 Å². The summed E-state index contributed by atoms with van der Waals surface area (Å²) in [6.07, 6.45) is 5.02. The number of carbonyl (C=O) groups is 2. The minimum Gasteiger partial charge on any atom is -0.462 e. The number of H-pyrrole nitrogens is 1. The minimum absolute atomic E-state index is 0.103. The van der Waals surface area contributed by atoms with Crippen molar-refractivity contribution >= 4 is 17.8 Å². The fourth-order valence-corrected chi connectivity index (χ4v) is 4.90. The summed E-state index contributed by atoms with van der Waals surface area (Å²) in [6, 6.07) is 2.78. The number of hydrogen-bond donors (Lipinski definition) is 1. The first-order chi connectivity index (χ1) is 18.4. The van der Waals surface area contributed by atoms with Crippen LogP contribution in [0.1, 0.15) is 59.5 Å². The average Bonchev–Trinajstić information content (AvgIpc) is 3.57. The second kappa shape index (κ2) is 10.8. The number of nitrogens with one attached hydrogen (secondary N) is 1. The first-order valence-corrected chi connectivity index (χ1v) is 12.8. The number of aromatic nitrogens is 5. The predicted molar refractivity (Wildman–Crippen MR) is 134 cm³/mol. The lowest BCUT2D eigenvalue weighted by atomic mass is 9.95. The molecule has 0 spiro atoms. The van der Waals surface area contributed by atoms with Gasteiger partial charge in [-0.05, 0) is 51.3 Å². The smallest absolute Gasteiger partial charge is 0.342 e. The number of amides is 1. The molecular weight excluding hydrogens is 493 g/mol. The van der Waals surface area contributed by atoms with Gasteiger partial charge in [0.1, 0.15) is 17.1 Å². The number of pyridine rings is 1. The number of carbonyl (C=O) groups excluding carboxylic acids is 2. The Morgan fingerprint density at radius 3 is 2.74 bits per heavy atom. The van der Waals surface area contributed by atoms with Crippen LogP contribution in [0.15, 0.2) is 24.5 Å². The second-order valence-corrected chi connectivity index (χ2v) is 9.43. The van der Waals surface area contributed by atoms with E-state index >= 15 is 0 Å². The number of aryl methyl sites for hydroxylation is 2. The maximum Gasteiger partial charge on any atom is 0.342 e. The average molecular weight is 524 g/mol. The Morgan fingerprint density at radius 1 is 1.21 bits per heavy atom. The topological polar surface area (TPSA) is 126 Å². The number of hydrogen-bond acceptors (Lipinski definition) is 9. The van der Waals surface area contributed by atoms with Crippen LogP contribution in [0.3, 0.4) is 0 Å². The van der Waals surface area contributed by atoms with Gasteiger partial charge < -0.3 is 9.64 Å². The normalized spacial score (nSPS) is 18.2. The molecule has 0 unspecified atom stereocenters. The molecule has 38 heavy (non-hydrogen) atoms. The third kappa shape index (κ3) is 4.95. The molecule has 1 N–H and O–H groups in total. The molecule has 12 heteroatoms. The highest BCUT2D eigenvalue weighted by molar-refractivity contribution is 5.97. The van der Waals surface area contributed by atoms with Crippen molar-refractivity contribution in [3.63, 3.8) is 0 Å². The van der Waals surface area contributed by atoms with Crippen LogP contribution in [0.4, 0.5) is 10.3 Å². The molecule has 3 aromatic rings. The summed E-state index contributed by atoms with van der Waals surface area (Å²) in [6.45, 7) is 6.91. The summed E-state index contributed by atoms with van der Waals surface area (Å²) in [7, 11) is 0. The molecule has 0 bridgehead atoms. The highest BCUT2D eigenvalue weighted by Gasteiger charge is 2.37. The van der Waals surface area contributed by atoms with Crippen LogP contribution in [0.25, 0.3) is 11.4 Å². The van der Waals surface area contributed by atoms with Crippen molar-refractivity contribution in [1.29, 1.82) is 0 Å². The van der Waals surface area contributed by atoms with Gasteiger partial charge in [0, 0.05) is 43.5 Å². The summed E-state index contributed by atoms with van der Waals surface area (Å²) in [5.74, 6) is -0.687. The number of halogens is 1. The van der Waals surface area contributed by atoms with Crippen molar-refractivity contribution in [2.45, 2.75) is 46.1 Å². The van der Waals surface area contributed by atoms with Gasteiger partial charge in [-0.15, -0.1) is 0 Å². The van der Waals surface area contributed by atoms with Crippen LogP contribution in [-0.2, 0) is 14.4 Å². The Bertz CT molecular complexity index is 1340. The molecule has 5 rings (SSSR count). The van der Waals surface area contributed by atoms with E-state index in [1.165, 1.54) is 11.1 Å². The van der Waals surface area contributed by atoms with E-state index in [0.29, 0.717) is 78.8 Å². The molecule has 1 amide bonds. The van der Waals surface area contributed by atoms with E-state index in [9.17, 15) is 14.0 Å². The van der Waals surface area contributed by atoms with Gasteiger partial charge in [0.05, 0.1) is 30.6 Å². The molecule has 1 atom stereocenters. The Hall–Kier alpha value is -3.93. The number of nitrogens with zero attached hydrogens (tertiary/aromatic N) is 6. The Morgan fingerprint density at radius 2 is 2.00 bits per heavy atom. The van der Waals surface area contributed by atoms with Gasteiger partial charge in [0.25, 0.3) is 0 Å². The van der Waals surface area contributed by atoms with Crippen molar-refractivity contribution in [1.82, 2.24) is 30.2 Å². The lowest BCUT2D eigenvalue weighted by Crippen LogP contribution is -2.42. The van der Waals surface area contributed by atoms with Crippen molar-refractivity contribution in [3.8, 4) is 11.4 Å². The predicted octanol–water partition coefficient (Wildman–Crippen LogP) is 3.32. The van der Waals surface area contributed by atoms with E-state index in [4.69, 9.17) is 9.57 Å². The summed E-state index contributed by atoms with van der Waals surface area (Å²) in [5, 5.41) is 8.51. The van der Waals surface area contributed by atoms with Gasteiger partial charge in [-0.3, -0.25) is 19.7 Å². The summed E-state index contributed by atoms with van der Waals surface area (Å²) >= 11 is 0. The number of piperidine rings is 1. The third-order valence-corrected chi connectivity index (χ3v) is 6.99. The zero-order valence-electron chi connectivity index (χ0n) is 21.6. The van der Waals surface area contributed by atoms with Crippen molar-refractivity contribution < 1.29 is 23.6 Å².